The van der Waals surface area contributed by atoms with Gasteiger partial charge >= 0.3 is 27.6 Å². The van der Waals surface area contributed by atoms with E-state index in [1.54, 1.807) is 0 Å². The molecule has 0 heterocycles. The molecule has 0 bridgehead atoms. The fourth-order valence-electron chi connectivity index (χ4n) is 6.39. The van der Waals surface area contributed by atoms with E-state index in [1.165, 1.54) is 19.3 Å². The molecule has 1 fully saturated rings. The van der Waals surface area contributed by atoms with Crippen molar-refractivity contribution >= 4 is 27.6 Å². The Kier molecular flexibility index (Phi) is 34.4. The molecule has 8 N–H and O–H groups in total. The van der Waals surface area contributed by atoms with Gasteiger partial charge in [-0.05, 0) is 89.9 Å². The molecule has 0 amide bonds. The Labute approximate surface area is 391 Å². The molecule has 0 aromatic carbocycles. The molecule has 0 saturated heterocycles. The normalized spacial score (nSPS) is 22.8. The summed E-state index contributed by atoms with van der Waals surface area (Å²) in [6.07, 6.45) is 27.6. The molecule has 19 heteroatoms. The van der Waals surface area contributed by atoms with Crippen LogP contribution < -0.4 is 0 Å². The van der Waals surface area contributed by atoms with Crippen LogP contribution in [0.5, 0.6) is 0 Å². The van der Waals surface area contributed by atoms with Crippen molar-refractivity contribution < 1.29 is 82.0 Å². The fourth-order valence-corrected chi connectivity index (χ4v) is 7.93. The summed E-state index contributed by atoms with van der Waals surface area (Å²) in [6.45, 7) is 2.78. The number of hydrogen-bond donors (Lipinski definition) is 8. The first-order valence-corrected chi connectivity index (χ1v) is 26.2. The number of carbonyl (C=O) groups is 2. The number of ether oxygens (including phenoxy) is 2. The number of phosphoric acid groups is 2. The molecular weight excluding hydrogens is 898 g/mol. The highest BCUT2D eigenvalue weighted by atomic mass is 31.2. The summed E-state index contributed by atoms with van der Waals surface area (Å²) < 4.78 is 49.2. The highest BCUT2D eigenvalue weighted by Crippen LogP contribution is 2.49. The Bertz CT molecular complexity index is 1620. The van der Waals surface area contributed by atoms with Crippen LogP contribution in [0.25, 0.3) is 0 Å². The van der Waals surface area contributed by atoms with Crippen molar-refractivity contribution in [3.8, 4) is 0 Å². The van der Waals surface area contributed by atoms with Gasteiger partial charge in [-0.15, -0.1) is 0 Å². The van der Waals surface area contributed by atoms with E-state index in [0.29, 0.717) is 44.9 Å². The van der Waals surface area contributed by atoms with Crippen molar-refractivity contribution in [2.24, 2.45) is 0 Å². The lowest BCUT2D eigenvalue weighted by Gasteiger charge is -2.43. The average molecular weight is 977 g/mol. The first-order valence-electron chi connectivity index (χ1n) is 23.2. The van der Waals surface area contributed by atoms with Crippen LogP contribution in [0.4, 0.5) is 0 Å². The zero-order chi connectivity index (χ0) is 49.1. The van der Waals surface area contributed by atoms with Crippen LogP contribution in [0.3, 0.4) is 0 Å². The third-order valence-electron chi connectivity index (χ3n) is 10.00. The van der Waals surface area contributed by atoms with Gasteiger partial charge in [-0.3, -0.25) is 23.2 Å². The standard InChI is InChI=1S/C47H78O17P2/c1-3-5-6-7-8-9-10-11-12-15-19-22-25-28-31-35-41(50)62-39(37-61-66(58,59)64-47-44(53)42(51)43(52)46(45(47)54)63-65(55,56)57)36-60-40(49)34-30-27-24-21-18-16-13-14-17-20-23-26-29-33-38(48)32-4-2/h8-9,11-13,16-17,19-22,24,26,29,38-39,42-48,51-54H,3-7,10,14-15,18,23,25,27-28,30-37H2,1-2H3,(H,58,59)(H2,55,56,57)/b9-8-,12-11-,16-13-,20-17-,22-19-,24-21-,29-26-/t38?,39-,42?,43?,44?,45?,46-,47+/m1/s1. The van der Waals surface area contributed by atoms with Crippen molar-refractivity contribution in [1.29, 1.82) is 0 Å². The zero-order valence-corrected chi connectivity index (χ0v) is 40.5. The monoisotopic (exact) mass is 976 g/mol. The maximum Gasteiger partial charge on any atom is 0.472 e. The summed E-state index contributed by atoms with van der Waals surface area (Å²) in [4.78, 5) is 54.2. The molecule has 0 aromatic heterocycles. The molecule has 0 radical (unpaired) electrons. The van der Waals surface area contributed by atoms with E-state index < -0.39 is 83.5 Å². The molecule has 0 aromatic rings. The minimum atomic E-state index is -5.38. The van der Waals surface area contributed by atoms with Gasteiger partial charge in [-0.2, -0.15) is 0 Å². The fraction of sp³-hybridized carbons (Fsp3) is 0.660. The molecule has 1 rings (SSSR count). The number of aliphatic hydroxyl groups is 5. The van der Waals surface area contributed by atoms with E-state index in [-0.39, 0.29) is 18.9 Å². The summed E-state index contributed by atoms with van der Waals surface area (Å²) in [5, 5.41) is 50.9. The van der Waals surface area contributed by atoms with Crippen molar-refractivity contribution in [1.82, 2.24) is 0 Å². The number of carbonyl (C=O) groups excluding carboxylic acids is 2. The largest absolute Gasteiger partial charge is 0.472 e. The Balaban J connectivity index is 2.68. The number of aliphatic hydroxyl groups excluding tert-OH is 5. The lowest BCUT2D eigenvalue weighted by Crippen LogP contribution is -2.64. The molecule has 9 atom stereocenters. The Morgan fingerprint density at radius 1 is 0.545 bits per heavy atom. The number of unbranched alkanes of at least 4 members (excludes halogenated alkanes) is 6. The summed E-state index contributed by atoms with van der Waals surface area (Å²) in [6, 6.07) is 0. The van der Waals surface area contributed by atoms with Gasteiger partial charge in [-0.25, -0.2) is 9.13 Å². The van der Waals surface area contributed by atoms with Crippen molar-refractivity contribution in [2.45, 2.75) is 185 Å². The zero-order valence-electron chi connectivity index (χ0n) is 38.7. The maximum absolute atomic E-state index is 13.0. The van der Waals surface area contributed by atoms with Crippen molar-refractivity contribution in [3.05, 3.63) is 85.1 Å². The second-order valence-electron chi connectivity index (χ2n) is 15.9. The number of hydrogen-bond acceptors (Lipinski definition) is 14. The molecule has 6 unspecified atom stereocenters. The van der Waals surface area contributed by atoms with Crippen LogP contribution in [0.2, 0.25) is 0 Å². The van der Waals surface area contributed by atoms with Gasteiger partial charge in [0.2, 0.25) is 0 Å². The molecule has 1 saturated carbocycles. The van der Waals surface area contributed by atoms with Gasteiger partial charge in [-0.1, -0.05) is 118 Å². The van der Waals surface area contributed by atoms with E-state index in [9.17, 15) is 49.1 Å². The van der Waals surface area contributed by atoms with Crippen LogP contribution in [-0.4, -0.2) is 114 Å². The van der Waals surface area contributed by atoms with Crippen LogP contribution in [0.1, 0.15) is 136 Å². The SMILES string of the molecule is CCCCC/C=C\C/C=C\C/C=C\CCCCC(=O)O[C@H](COC(=O)CCC/C=C\C/C=C\C/C=C\C/C=C\CC(O)CCC)COP(=O)(O)O[C@H]1C(O)C(O)C(O)[C@@H](OP(=O)(O)O)C1O. The Hall–Kier alpha value is -2.86. The predicted octanol–water partition coefficient (Wildman–Crippen LogP) is 7.58. The van der Waals surface area contributed by atoms with Gasteiger partial charge < -0.3 is 49.7 Å². The Morgan fingerprint density at radius 3 is 1.53 bits per heavy atom. The lowest BCUT2D eigenvalue weighted by atomic mass is 9.85. The molecule has 1 aliphatic rings. The smallest absolute Gasteiger partial charge is 0.462 e. The van der Waals surface area contributed by atoms with Crippen LogP contribution >= 0.6 is 15.6 Å². The summed E-state index contributed by atoms with van der Waals surface area (Å²) in [5.41, 5.74) is 0. The number of esters is 2. The van der Waals surface area contributed by atoms with Crippen LogP contribution in [0, 0.1) is 0 Å². The van der Waals surface area contributed by atoms with E-state index in [2.05, 4.69) is 54.0 Å². The van der Waals surface area contributed by atoms with Crippen LogP contribution in [-0.2, 0) is 41.8 Å². The predicted molar refractivity (Wildman–Crippen MR) is 251 cm³/mol. The van der Waals surface area contributed by atoms with Gasteiger partial charge in [0.1, 0.15) is 43.2 Å². The summed E-state index contributed by atoms with van der Waals surface area (Å²) in [7, 11) is -10.7. The van der Waals surface area contributed by atoms with Gasteiger partial charge in [0.15, 0.2) is 6.10 Å². The second kappa shape index (κ2) is 37.1. The van der Waals surface area contributed by atoms with E-state index in [0.717, 1.165) is 44.9 Å². The first kappa shape index (κ1) is 61.2. The minimum absolute atomic E-state index is 0.0169. The lowest BCUT2D eigenvalue weighted by molar-refractivity contribution is -0.216. The average Bonchev–Trinajstić information content (AvgIpc) is 3.26. The third kappa shape index (κ3) is 31.2. The second-order valence-corrected chi connectivity index (χ2v) is 18.5. The number of allylic oxidation sites excluding steroid dienone is 13. The molecule has 17 nitrogen and oxygen atoms in total. The molecule has 66 heavy (non-hydrogen) atoms. The highest BCUT2D eigenvalue weighted by Gasteiger charge is 2.54. The molecule has 1 aliphatic carbocycles. The highest BCUT2D eigenvalue weighted by molar-refractivity contribution is 7.47. The van der Waals surface area contributed by atoms with Crippen LogP contribution in [0.15, 0.2) is 85.1 Å². The molecule has 378 valence electrons. The van der Waals surface area contributed by atoms with E-state index >= 15 is 0 Å². The maximum atomic E-state index is 13.0. The van der Waals surface area contributed by atoms with Crippen molar-refractivity contribution in [3.63, 3.8) is 0 Å². The van der Waals surface area contributed by atoms with Crippen molar-refractivity contribution in [2.75, 3.05) is 13.2 Å². The minimum Gasteiger partial charge on any atom is -0.462 e. The third-order valence-corrected chi connectivity index (χ3v) is 11.5. The Morgan fingerprint density at radius 2 is 1.02 bits per heavy atom. The molecule has 0 spiro atoms. The quantitative estimate of drug-likeness (QED) is 0.0129. The summed E-state index contributed by atoms with van der Waals surface area (Å²) >= 11 is 0. The van der Waals surface area contributed by atoms with Gasteiger partial charge in [0.25, 0.3) is 0 Å². The molecular formula is C47H78O17P2. The number of rotatable bonds is 37. The van der Waals surface area contributed by atoms with Gasteiger partial charge in [0, 0.05) is 12.8 Å². The van der Waals surface area contributed by atoms with Gasteiger partial charge in [0.05, 0.1) is 12.7 Å². The topological polar surface area (TPSA) is 276 Å². The molecule has 0 aliphatic heterocycles. The van der Waals surface area contributed by atoms with E-state index in [1.807, 2.05) is 49.5 Å². The van der Waals surface area contributed by atoms with E-state index in [4.69, 9.17) is 28.3 Å². The summed E-state index contributed by atoms with van der Waals surface area (Å²) in [5.74, 6) is -1.35. The first-order chi connectivity index (χ1) is 31.5. The number of phosphoric ester groups is 2.